The van der Waals surface area contributed by atoms with Gasteiger partial charge in [0, 0.05) is 11.5 Å². The molecule has 0 aliphatic carbocycles. The zero-order valence-corrected chi connectivity index (χ0v) is 8.79. The normalized spacial score (nSPS) is 10.1. The van der Waals surface area contributed by atoms with Crippen molar-refractivity contribution < 1.29 is 9.90 Å². The molecular formula is C11H11N3O2. The van der Waals surface area contributed by atoms with E-state index in [-0.39, 0.29) is 12.1 Å². The summed E-state index contributed by atoms with van der Waals surface area (Å²) in [5, 5.41) is 12.1. The minimum Gasteiger partial charge on any atom is -0.478 e. The van der Waals surface area contributed by atoms with Crippen molar-refractivity contribution in [1.82, 2.24) is 0 Å². The predicted molar refractivity (Wildman–Crippen MR) is 61.2 cm³/mol. The molecule has 0 amide bonds. The molecule has 0 heterocycles. The van der Waals surface area contributed by atoms with Gasteiger partial charge in [0.2, 0.25) is 0 Å². The first-order chi connectivity index (χ1) is 7.65. The van der Waals surface area contributed by atoms with Crippen LogP contribution in [-0.2, 0) is 0 Å². The Morgan fingerprint density at radius 2 is 2.38 bits per heavy atom. The lowest BCUT2D eigenvalue weighted by Gasteiger charge is -2.01. The number of hydrogen-bond acceptors (Lipinski definition) is 2. The molecule has 5 nitrogen and oxygen atoms in total. The molecule has 82 valence electrons. The first-order valence-corrected chi connectivity index (χ1v) is 4.66. The maximum atomic E-state index is 10.7. The molecule has 0 saturated heterocycles. The molecule has 0 unspecified atom stereocenters. The number of nitrogens with zero attached hydrogens (tertiary/aromatic N) is 3. The van der Waals surface area contributed by atoms with Crippen LogP contribution in [0.1, 0.15) is 21.5 Å². The van der Waals surface area contributed by atoms with Crippen molar-refractivity contribution in [1.29, 1.82) is 0 Å². The van der Waals surface area contributed by atoms with Crippen molar-refractivity contribution in [3.8, 4) is 0 Å². The van der Waals surface area contributed by atoms with Crippen LogP contribution >= 0.6 is 0 Å². The predicted octanol–water partition coefficient (Wildman–Crippen LogP) is 3.02. The van der Waals surface area contributed by atoms with Crippen molar-refractivity contribution in [2.45, 2.75) is 6.92 Å². The van der Waals surface area contributed by atoms with E-state index in [1.165, 1.54) is 0 Å². The lowest BCUT2D eigenvalue weighted by molar-refractivity contribution is 0.0697. The number of benzene rings is 1. The highest BCUT2D eigenvalue weighted by Crippen LogP contribution is 2.12. The largest absolute Gasteiger partial charge is 0.478 e. The monoisotopic (exact) mass is 217 g/mol. The van der Waals surface area contributed by atoms with Crippen LogP contribution in [0, 0.1) is 6.92 Å². The Kier molecular flexibility index (Phi) is 4.12. The van der Waals surface area contributed by atoms with Crippen molar-refractivity contribution in [3.05, 3.63) is 51.4 Å². The number of aryl methyl sites for hydroxylation is 1. The topological polar surface area (TPSA) is 86.1 Å². The molecule has 0 fully saturated rings. The molecule has 0 spiro atoms. The molecule has 1 rings (SSSR count). The smallest absolute Gasteiger partial charge is 0.335 e. The third kappa shape index (κ3) is 3.15. The fourth-order valence-electron chi connectivity index (χ4n) is 1.26. The SMILES string of the molecule is Cc1cc(C(=O)O)ccc1C=CCN=[N+]=[N-]. The van der Waals surface area contributed by atoms with E-state index in [2.05, 4.69) is 10.0 Å². The van der Waals surface area contributed by atoms with Gasteiger partial charge in [0.1, 0.15) is 0 Å². The molecule has 1 aromatic rings. The summed E-state index contributed by atoms with van der Waals surface area (Å²) in [5.74, 6) is -0.937. The van der Waals surface area contributed by atoms with Crippen molar-refractivity contribution in [2.24, 2.45) is 5.11 Å². The van der Waals surface area contributed by atoms with Gasteiger partial charge in [-0.25, -0.2) is 4.79 Å². The van der Waals surface area contributed by atoms with Crippen LogP contribution in [0.25, 0.3) is 16.5 Å². The van der Waals surface area contributed by atoms with Crippen molar-refractivity contribution in [2.75, 3.05) is 6.54 Å². The Bertz CT molecular complexity index is 474. The minimum absolute atomic E-state index is 0.268. The summed E-state index contributed by atoms with van der Waals surface area (Å²) in [7, 11) is 0. The fourth-order valence-corrected chi connectivity index (χ4v) is 1.26. The second-order valence-corrected chi connectivity index (χ2v) is 3.19. The summed E-state index contributed by atoms with van der Waals surface area (Å²) >= 11 is 0. The summed E-state index contributed by atoms with van der Waals surface area (Å²) in [4.78, 5) is 13.3. The van der Waals surface area contributed by atoms with Gasteiger partial charge < -0.3 is 5.11 Å². The van der Waals surface area contributed by atoms with Gasteiger partial charge in [-0.05, 0) is 35.7 Å². The van der Waals surface area contributed by atoms with Gasteiger partial charge in [0.25, 0.3) is 0 Å². The molecule has 0 atom stereocenters. The van der Waals surface area contributed by atoms with Gasteiger partial charge >= 0.3 is 5.97 Å². The van der Waals surface area contributed by atoms with Crippen LogP contribution in [0.3, 0.4) is 0 Å². The van der Waals surface area contributed by atoms with Crippen LogP contribution in [0.4, 0.5) is 0 Å². The minimum atomic E-state index is -0.937. The number of azide groups is 1. The third-order valence-corrected chi connectivity index (χ3v) is 2.06. The summed E-state index contributed by atoms with van der Waals surface area (Å²) in [6, 6.07) is 4.88. The summed E-state index contributed by atoms with van der Waals surface area (Å²) in [6.45, 7) is 2.12. The maximum Gasteiger partial charge on any atom is 0.335 e. The molecule has 0 aliphatic heterocycles. The molecule has 1 N–H and O–H groups in total. The first kappa shape index (κ1) is 11.8. The molecule has 5 heteroatoms. The van der Waals surface area contributed by atoms with Crippen LogP contribution in [-0.4, -0.2) is 17.6 Å². The van der Waals surface area contributed by atoms with E-state index in [0.717, 1.165) is 11.1 Å². The lowest BCUT2D eigenvalue weighted by atomic mass is 10.0. The zero-order valence-electron chi connectivity index (χ0n) is 8.79. The molecule has 0 aliphatic rings. The fraction of sp³-hybridized carbons (Fsp3) is 0.182. The number of rotatable bonds is 4. The Morgan fingerprint density at radius 1 is 1.62 bits per heavy atom. The average molecular weight is 217 g/mol. The number of carboxylic acids is 1. The van der Waals surface area contributed by atoms with E-state index in [0.29, 0.717) is 0 Å². The van der Waals surface area contributed by atoms with Crippen molar-refractivity contribution >= 4 is 12.0 Å². The Balaban J connectivity index is 2.86. The van der Waals surface area contributed by atoms with Crippen LogP contribution in [0.2, 0.25) is 0 Å². The first-order valence-electron chi connectivity index (χ1n) is 4.66. The molecule has 0 saturated carbocycles. The van der Waals surface area contributed by atoms with Gasteiger partial charge in [-0.2, -0.15) is 0 Å². The van der Waals surface area contributed by atoms with E-state index >= 15 is 0 Å². The number of aromatic carboxylic acids is 1. The third-order valence-electron chi connectivity index (χ3n) is 2.06. The standard InChI is InChI=1S/C11H11N3O2/c1-8-7-10(11(15)16)5-4-9(8)3-2-6-13-14-12/h2-5,7H,6H2,1H3,(H,15,16). The second kappa shape index (κ2) is 5.58. The Morgan fingerprint density at radius 3 is 2.94 bits per heavy atom. The Hall–Kier alpha value is -2.26. The molecule has 0 radical (unpaired) electrons. The van der Waals surface area contributed by atoms with Gasteiger partial charge in [-0.3, -0.25) is 0 Å². The highest BCUT2D eigenvalue weighted by Gasteiger charge is 2.03. The van der Waals surface area contributed by atoms with Gasteiger partial charge in [0.05, 0.1) is 5.56 Å². The summed E-state index contributed by atoms with van der Waals surface area (Å²) in [5.41, 5.74) is 10.1. The van der Waals surface area contributed by atoms with E-state index in [1.54, 1.807) is 30.4 Å². The van der Waals surface area contributed by atoms with Crippen molar-refractivity contribution in [3.63, 3.8) is 0 Å². The quantitative estimate of drug-likeness (QED) is 0.477. The zero-order chi connectivity index (χ0) is 12.0. The molecule has 16 heavy (non-hydrogen) atoms. The molecule has 0 bridgehead atoms. The summed E-state index contributed by atoms with van der Waals surface area (Å²) < 4.78 is 0. The van der Waals surface area contributed by atoms with Gasteiger partial charge in [0.15, 0.2) is 0 Å². The Labute approximate surface area is 92.7 Å². The van der Waals surface area contributed by atoms with Gasteiger partial charge in [-0.1, -0.05) is 23.3 Å². The maximum absolute atomic E-state index is 10.7. The van der Waals surface area contributed by atoms with Crippen LogP contribution in [0.5, 0.6) is 0 Å². The highest BCUT2D eigenvalue weighted by atomic mass is 16.4. The highest BCUT2D eigenvalue weighted by molar-refractivity contribution is 5.88. The lowest BCUT2D eigenvalue weighted by Crippen LogP contribution is -1.96. The number of hydrogen-bond donors (Lipinski definition) is 1. The number of carboxylic acid groups (broad SMARTS) is 1. The summed E-state index contributed by atoms with van der Waals surface area (Å²) in [6.07, 6.45) is 3.53. The van der Waals surface area contributed by atoms with Gasteiger partial charge in [-0.15, -0.1) is 0 Å². The second-order valence-electron chi connectivity index (χ2n) is 3.19. The van der Waals surface area contributed by atoms with Crippen LogP contribution < -0.4 is 0 Å². The molecular weight excluding hydrogens is 206 g/mol. The van der Waals surface area contributed by atoms with E-state index < -0.39 is 5.97 Å². The average Bonchev–Trinajstić information content (AvgIpc) is 2.26. The van der Waals surface area contributed by atoms with E-state index in [9.17, 15) is 4.79 Å². The van der Waals surface area contributed by atoms with E-state index in [1.807, 2.05) is 6.92 Å². The molecule has 0 aromatic heterocycles. The van der Waals surface area contributed by atoms with Crippen LogP contribution in [0.15, 0.2) is 29.4 Å². The molecule has 1 aromatic carbocycles. The van der Waals surface area contributed by atoms with E-state index in [4.69, 9.17) is 10.6 Å². The number of carbonyl (C=O) groups is 1.